The molecule has 1 saturated heterocycles. The number of anilines is 2. The minimum atomic E-state index is -0.203. The van der Waals surface area contributed by atoms with Crippen LogP contribution in [0.15, 0.2) is 28.9 Å². The molecule has 1 N–H and O–H groups in total. The van der Waals surface area contributed by atoms with Gasteiger partial charge in [-0.3, -0.25) is 9.59 Å². The number of hydrogen-bond acceptors (Lipinski definition) is 9. The number of carbonyl (C=O) groups is 2. The number of piperazine rings is 1. The van der Waals surface area contributed by atoms with Gasteiger partial charge in [-0.1, -0.05) is 16.5 Å². The molecule has 0 unspecified atom stereocenters. The van der Waals surface area contributed by atoms with E-state index in [1.54, 1.807) is 30.5 Å². The average molecular weight is 433 g/mol. The fraction of sp³-hybridized carbons (Fsp3) is 0.389. The molecule has 29 heavy (non-hydrogen) atoms. The molecule has 152 valence electrons. The Morgan fingerprint density at radius 3 is 2.83 bits per heavy atom. The lowest BCUT2D eigenvalue weighted by atomic mass is 10.3. The van der Waals surface area contributed by atoms with E-state index in [1.165, 1.54) is 11.8 Å². The van der Waals surface area contributed by atoms with Gasteiger partial charge < -0.3 is 19.6 Å². The fourth-order valence-corrected chi connectivity index (χ4v) is 4.64. The number of carbonyl (C=O) groups excluding carboxylic acids is 2. The quantitative estimate of drug-likeness (QED) is 0.631. The van der Waals surface area contributed by atoms with E-state index in [1.807, 2.05) is 17.0 Å². The van der Waals surface area contributed by atoms with Gasteiger partial charge in [0.1, 0.15) is 16.1 Å². The molecule has 4 heterocycles. The largest absolute Gasteiger partial charge is 0.360 e. The van der Waals surface area contributed by atoms with E-state index in [4.69, 9.17) is 4.52 Å². The second-order valence-electron chi connectivity index (χ2n) is 6.56. The summed E-state index contributed by atoms with van der Waals surface area (Å²) in [5.41, 5.74) is 0.904. The Bertz CT molecular complexity index is 979. The van der Waals surface area contributed by atoms with E-state index in [-0.39, 0.29) is 23.3 Å². The Morgan fingerprint density at radius 1 is 1.28 bits per heavy atom. The van der Waals surface area contributed by atoms with Crippen LogP contribution in [0.4, 0.5) is 10.9 Å². The van der Waals surface area contributed by atoms with Crippen LogP contribution in [0.3, 0.4) is 0 Å². The maximum absolute atomic E-state index is 12.4. The Balaban J connectivity index is 1.20. The minimum absolute atomic E-state index is 0.0469. The van der Waals surface area contributed by atoms with E-state index in [0.29, 0.717) is 24.7 Å². The summed E-state index contributed by atoms with van der Waals surface area (Å²) >= 11 is 2.87. The van der Waals surface area contributed by atoms with E-state index in [2.05, 4.69) is 25.3 Å². The number of nitrogens with one attached hydrogen (secondary N) is 1. The highest BCUT2D eigenvalue weighted by molar-refractivity contribution is 8.00. The van der Waals surface area contributed by atoms with Gasteiger partial charge in [-0.25, -0.2) is 9.97 Å². The SMILES string of the molecule is Cc1cc(NC(=O)CSCC(=O)N2CCN(c3nc4cccnc4s3)CC2)no1. The molecule has 11 heteroatoms. The molecule has 2 amide bonds. The number of amides is 2. The van der Waals surface area contributed by atoms with Crippen molar-refractivity contribution < 1.29 is 14.1 Å². The van der Waals surface area contributed by atoms with E-state index < -0.39 is 0 Å². The van der Waals surface area contributed by atoms with Crippen LogP contribution in [0.2, 0.25) is 0 Å². The molecule has 0 radical (unpaired) electrons. The summed E-state index contributed by atoms with van der Waals surface area (Å²) in [6, 6.07) is 5.49. The third kappa shape index (κ3) is 4.85. The van der Waals surface area contributed by atoms with Crippen LogP contribution in [0.25, 0.3) is 10.3 Å². The van der Waals surface area contributed by atoms with Crippen LogP contribution in [-0.2, 0) is 9.59 Å². The highest BCUT2D eigenvalue weighted by Gasteiger charge is 2.23. The van der Waals surface area contributed by atoms with Gasteiger partial charge in [0, 0.05) is 38.4 Å². The Labute approximate surface area is 175 Å². The molecule has 9 nitrogen and oxygen atoms in total. The van der Waals surface area contributed by atoms with Crippen LogP contribution >= 0.6 is 23.1 Å². The standard InChI is InChI=1S/C18H20N6O3S2/c1-12-9-14(22-27-12)21-15(25)10-28-11-16(26)23-5-7-24(8-6-23)18-20-13-3-2-4-19-17(13)29-18/h2-4,9H,5-8,10-11H2,1H3,(H,21,22,25). The maximum atomic E-state index is 12.4. The molecule has 0 atom stereocenters. The van der Waals surface area contributed by atoms with Gasteiger partial charge in [-0.2, -0.15) is 0 Å². The summed E-state index contributed by atoms with van der Waals surface area (Å²) in [4.78, 5) is 38.3. The number of aromatic nitrogens is 3. The molecule has 1 fully saturated rings. The zero-order valence-electron chi connectivity index (χ0n) is 15.8. The number of nitrogens with zero attached hydrogens (tertiary/aromatic N) is 5. The lowest BCUT2D eigenvalue weighted by Gasteiger charge is -2.34. The number of thioether (sulfide) groups is 1. The summed E-state index contributed by atoms with van der Waals surface area (Å²) in [7, 11) is 0. The molecular weight excluding hydrogens is 412 g/mol. The normalized spacial score (nSPS) is 14.4. The first kappa shape index (κ1) is 19.6. The van der Waals surface area contributed by atoms with E-state index in [9.17, 15) is 9.59 Å². The first-order valence-electron chi connectivity index (χ1n) is 9.14. The first-order valence-corrected chi connectivity index (χ1v) is 11.1. The molecule has 1 aliphatic rings. The van der Waals surface area contributed by atoms with Gasteiger partial charge in [-0.15, -0.1) is 11.8 Å². The average Bonchev–Trinajstić information content (AvgIpc) is 3.34. The van der Waals surface area contributed by atoms with Crippen molar-refractivity contribution in [3.8, 4) is 0 Å². The number of pyridine rings is 1. The summed E-state index contributed by atoms with van der Waals surface area (Å²) < 4.78 is 4.90. The predicted octanol–water partition coefficient (Wildman–Crippen LogP) is 2.01. The van der Waals surface area contributed by atoms with Crippen LogP contribution in [-0.4, -0.2) is 69.5 Å². The number of aryl methyl sites for hydroxylation is 1. The minimum Gasteiger partial charge on any atom is -0.360 e. The summed E-state index contributed by atoms with van der Waals surface area (Å²) in [6.45, 7) is 4.52. The smallest absolute Gasteiger partial charge is 0.235 e. The van der Waals surface area contributed by atoms with Crippen molar-refractivity contribution in [2.45, 2.75) is 6.92 Å². The zero-order valence-corrected chi connectivity index (χ0v) is 17.5. The molecule has 0 aromatic carbocycles. The zero-order chi connectivity index (χ0) is 20.2. The van der Waals surface area contributed by atoms with Crippen molar-refractivity contribution in [1.29, 1.82) is 0 Å². The van der Waals surface area contributed by atoms with Gasteiger partial charge >= 0.3 is 0 Å². The van der Waals surface area contributed by atoms with E-state index >= 15 is 0 Å². The second-order valence-corrected chi connectivity index (χ2v) is 8.50. The Morgan fingerprint density at radius 2 is 2.10 bits per heavy atom. The first-order chi connectivity index (χ1) is 14.1. The molecule has 3 aromatic rings. The van der Waals surface area contributed by atoms with Crippen molar-refractivity contribution >= 4 is 56.2 Å². The molecule has 1 aliphatic heterocycles. The monoisotopic (exact) mass is 432 g/mol. The van der Waals surface area contributed by atoms with Gasteiger partial charge in [0.05, 0.1) is 11.5 Å². The third-order valence-electron chi connectivity index (χ3n) is 4.41. The molecule has 0 bridgehead atoms. The number of fused-ring (bicyclic) bond motifs is 1. The predicted molar refractivity (Wildman–Crippen MR) is 113 cm³/mol. The lowest BCUT2D eigenvalue weighted by Crippen LogP contribution is -2.49. The molecule has 4 rings (SSSR count). The highest BCUT2D eigenvalue weighted by atomic mass is 32.2. The second kappa shape index (κ2) is 8.78. The molecular formula is C18H20N6O3S2. The van der Waals surface area contributed by atoms with Gasteiger partial charge in [0.25, 0.3) is 0 Å². The Kier molecular flexibility index (Phi) is 5.95. The summed E-state index contributed by atoms with van der Waals surface area (Å²) in [6.07, 6.45) is 1.77. The molecule has 3 aromatic heterocycles. The van der Waals surface area contributed by atoms with Crippen molar-refractivity contribution in [2.24, 2.45) is 0 Å². The number of rotatable bonds is 6. The topological polar surface area (TPSA) is 104 Å². The third-order valence-corrected chi connectivity index (χ3v) is 6.37. The van der Waals surface area contributed by atoms with Crippen molar-refractivity contribution in [3.63, 3.8) is 0 Å². The fourth-order valence-electron chi connectivity index (χ4n) is 2.97. The van der Waals surface area contributed by atoms with Crippen LogP contribution in [0.1, 0.15) is 5.76 Å². The number of thiazole rings is 1. The summed E-state index contributed by atoms with van der Waals surface area (Å²) in [5, 5.41) is 7.30. The van der Waals surface area contributed by atoms with Crippen molar-refractivity contribution in [3.05, 3.63) is 30.2 Å². The van der Waals surface area contributed by atoms with Crippen molar-refractivity contribution in [1.82, 2.24) is 20.0 Å². The molecule has 0 saturated carbocycles. The number of hydrogen-bond donors (Lipinski definition) is 1. The van der Waals surface area contributed by atoms with E-state index in [0.717, 1.165) is 28.6 Å². The molecule has 0 spiro atoms. The molecule has 0 aliphatic carbocycles. The highest BCUT2D eigenvalue weighted by Crippen LogP contribution is 2.27. The van der Waals surface area contributed by atoms with Gasteiger partial charge in [0.15, 0.2) is 10.9 Å². The van der Waals surface area contributed by atoms with Gasteiger partial charge in [-0.05, 0) is 19.1 Å². The Hall–Kier alpha value is -2.66. The van der Waals surface area contributed by atoms with Crippen LogP contribution in [0.5, 0.6) is 0 Å². The lowest BCUT2D eigenvalue weighted by molar-refractivity contribution is -0.128. The summed E-state index contributed by atoms with van der Waals surface area (Å²) in [5.74, 6) is 1.33. The maximum Gasteiger partial charge on any atom is 0.235 e. The van der Waals surface area contributed by atoms with Crippen LogP contribution in [0, 0.1) is 6.92 Å². The van der Waals surface area contributed by atoms with Gasteiger partial charge in [0.2, 0.25) is 11.8 Å². The van der Waals surface area contributed by atoms with Crippen LogP contribution < -0.4 is 10.2 Å². The van der Waals surface area contributed by atoms with Crippen molar-refractivity contribution in [2.75, 3.05) is 47.9 Å².